The number of aromatic nitrogens is 2. The van der Waals surface area contributed by atoms with Crippen LogP contribution in [0.5, 0.6) is 17.2 Å². The molecule has 0 aliphatic carbocycles. The smallest absolute Gasteiger partial charge is 0.258 e. The summed E-state index contributed by atoms with van der Waals surface area (Å²) in [5, 5.41) is 4.11. The van der Waals surface area contributed by atoms with Crippen molar-refractivity contribution in [2.75, 3.05) is 21.3 Å². The van der Waals surface area contributed by atoms with E-state index in [0.717, 1.165) is 28.0 Å². The first-order valence-corrected chi connectivity index (χ1v) is 9.04. The Morgan fingerprint density at radius 1 is 0.655 bits per heavy atom. The van der Waals surface area contributed by atoms with Crippen LogP contribution in [0, 0.1) is 0 Å². The van der Waals surface area contributed by atoms with Crippen LogP contribution in [0.1, 0.15) is 0 Å². The van der Waals surface area contributed by atoms with E-state index in [-0.39, 0.29) is 0 Å². The van der Waals surface area contributed by atoms with Crippen molar-refractivity contribution < 1.29 is 18.7 Å². The predicted octanol–water partition coefficient (Wildman–Crippen LogP) is 5.10. The lowest BCUT2D eigenvalue weighted by molar-refractivity contribution is 0.409. The SMILES string of the molecule is COc1ccccc1-c1noc(-c2ccc(-c3ccccc3OC)c(OC)c2)n1. The first-order valence-electron chi connectivity index (χ1n) is 9.04. The van der Waals surface area contributed by atoms with Crippen molar-refractivity contribution in [3.63, 3.8) is 0 Å². The molecule has 0 amide bonds. The van der Waals surface area contributed by atoms with Crippen LogP contribution in [0.3, 0.4) is 0 Å². The van der Waals surface area contributed by atoms with E-state index in [4.69, 9.17) is 18.7 Å². The Balaban J connectivity index is 1.73. The first-order chi connectivity index (χ1) is 14.2. The highest BCUT2D eigenvalue weighted by Crippen LogP contribution is 2.38. The number of hydrogen-bond donors (Lipinski definition) is 0. The standard InChI is InChI=1S/C23H20N2O4/c1-26-19-10-6-4-8-16(19)17-13-12-15(14-21(17)28-3)23-24-22(25-29-23)18-9-5-7-11-20(18)27-2/h4-14H,1-3H3. The van der Waals surface area contributed by atoms with Gasteiger partial charge in [-0.15, -0.1) is 0 Å². The van der Waals surface area contributed by atoms with E-state index in [1.165, 1.54) is 0 Å². The van der Waals surface area contributed by atoms with Crippen LogP contribution in [0.4, 0.5) is 0 Å². The molecule has 0 aliphatic heterocycles. The van der Waals surface area contributed by atoms with Gasteiger partial charge in [0, 0.05) is 16.7 Å². The molecule has 3 aromatic carbocycles. The van der Waals surface area contributed by atoms with Crippen molar-refractivity contribution in [3.05, 3.63) is 66.7 Å². The average molecular weight is 388 g/mol. The zero-order valence-corrected chi connectivity index (χ0v) is 16.4. The highest BCUT2D eigenvalue weighted by Gasteiger charge is 2.17. The van der Waals surface area contributed by atoms with Gasteiger partial charge in [-0.2, -0.15) is 4.98 Å². The molecule has 0 atom stereocenters. The maximum atomic E-state index is 5.62. The van der Waals surface area contributed by atoms with Gasteiger partial charge in [0.2, 0.25) is 5.82 Å². The highest BCUT2D eigenvalue weighted by molar-refractivity contribution is 5.78. The molecule has 0 spiro atoms. The number of benzene rings is 3. The van der Waals surface area contributed by atoms with E-state index in [9.17, 15) is 0 Å². The molecule has 0 aliphatic rings. The lowest BCUT2D eigenvalue weighted by Gasteiger charge is -2.12. The molecule has 6 nitrogen and oxygen atoms in total. The normalized spacial score (nSPS) is 10.6. The summed E-state index contributed by atoms with van der Waals surface area (Å²) in [6.45, 7) is 0. The summed E-state index contributed by atoms with van der Waals surface area (Å²) >= 11 is 0. The molecule has 6 heteroatoms. The summed E-state index contributed by atoms with van der Waals surface area (Å²) in [5.74, 6) is 3.00. The fourth-order valence-electron chi connectivity index (χ4n) is 3.19. The average Bonchev–Trinajstić information content (AvgIpc) is 3.28. The van der Waals surface area contributed by atoms with Gasteiger partial charge < -0.3 is 18.7 Å². The zero-order chi connectivity index (χ0) is 20.2. The van der Waals surface area contributed by atoms with Gasteiger partial charge in [-0.1, -0.05) is 35.5 Å². The van der Waals surface area contributed by atoms with Crippen LogP contribution < -0.4 is 14.2 Å². The molecular formula is C23H20N2O4. The van der Waals surface area contributed by atoms with Gasteiger partial charge >= 0.3 is 0 Å². The number of hydrogen-bond acceptors (Lipinski definition) is 6. The minimum absolute atomic E-state index is 0.399. The van der Waals surface area contributed by atoms with Crippen molar-refractivity contribution in [2.24, 2.45) is 0 Å². The summed E-state index contributed by atoms with van der Waals surface area (Å²) < 4.78 is 22.0. The number of nitrogens with zero attached hydrogens (tertiary/aromatic N) is 2. The number of rotatable bonds is 6. The van der Waals surface area contributed by atoms with E-state index >= 15 is 0 Å². The Bertz CT molecular complexity index is 1140. The van der Waals surface area contributed by atoms with Crippen LogP contribution in [-0.4, -0.2) is 31.5 Å². The summed E-state index contributed by atoms with van der Waals surface area (Å²) in [7, 11) is 4.89. The molecule has 0 bridgehead atoms. The van der Waals surface area contributed by atoms with Gasteiger partial charge in [0.05, 0.1) is 26.9 Å². The molecule has 4 rings (SSSR count). The number of methoxy groups -OCH3 is 3. The molecule has 0 N–H and O–H groups in total. The predicted molar refractivity (Wildman–Crippen MR) is 110 cm³/mol. The summed E-state index contributed by atoms with van der Waals surface area (Å²) in [6.07, 6.45) is 0. The third kappa shape index (κ3) is 3.52. The van der Waals surface area contributed by atoms with Crippen molar-refractivity contribution in [1.82, 2.24) is 10.1 Å². The van der Waals surface area contributed by atoms with Gasteiger partial charge in [0.15, 0.2) is 0 Å². The molecule has 0 radical (unpaired) electrons. The quantitative estimate of drug-likeness (QED) is 0.458. The van der Waals surface area contributed by atoms with Crippen molar-refractivity contribution in [1.29, 1.82) is 0 Å². The van der Waals surface area contributed by atoms with Crippen LogP contribution in [0.2, 0.25) is 0 Å². The second-order valence-electron chi connectivity index (χ2n) is 6.24. The largest absolute Gasteiger partial charge is 0.496 e. The van der Waals surface area contributed by atoms with Crippen molar-refractivity contribution in [2.45, 2.75) is 0 Å². The molecule has 146 valence electrons. The Morgan fingerprint density at radius 3 is 1.93 bits per heavy atom. The fourth-order valence-corrected chi connectivity index (χ4v) is 3.19. The van der Waals surface area contributed by atoms with E-state index in [1.54, 1.807) is 21.3 Å². The molecular weight excluding hydrogens is 368 g/mol. The molecule has 0 saturated heterocycles. The number of ether oxygens (including phenoxy) is 3. The van der Waals surface area contributed by atoms with Gasteiger partial charge in [-0.25, -0.2) is 0 Å². The zero-order valence-electron chi connectivity index (χ0n) is 16.4. The summed E-state index contributed by atoms with van der Waals surface area (Å²) in [6, 6.07) is 21.1. The van der Waals surface area contributed by atoms with Crippen LogP contribution in [0.25, 0.3) is 34.0 Å². The Morgan fingerprint density at radius 2 is 1.24 bits per heavy atom. The molecule has 0 fully saturated rings. The van der Waals surface area contributed by atoms with E-state index in [2.05, 4.69) is 10.1 Å². The minimum atomic E-state index is 0.399. The molecule has 0 saturated carbocycles. The Labute approximate surface area is 168 Å². The van der Waals surface area contributed by atoms with Crippen LogP contribution >= 0.6 is 0 Å². The van der Waals surface area contributed by atoms with E-state index < -0.39 is 0 Å². The fraction of sp³-hybridized carbons (Fsp3) is 0.130. The van der Waals surface area contributed by atoms with E-state index in [0.29, 0.717) is 23.2 Å². The highest BCUT2D eigenvalue weighted by atomic mass is 16.5. The second kappa shape index (κ2) is 8.06. The maximum Gasteiger partial charge on any atom is 0.258 e. The van der Waals surface area contributed by atoms with Crippen LogP contribution in [-0.2, 0) is 0 Å². The van der Waals surface area contributed by atoms with E-state index in [1.807, 2.05) is 66.7 Å². The summed E-state index contributed by atoms with van der Waals surface area (Å²) in [5.41, 5.74) is 3.38. The summed E-state index contributed by atoms with van der Waals surface area (Å²) in [4.78, 5) is 4.53. The topological polar surface area (TPSA) is 66.6 Å². The molecule has 0 unspecified atom stereocenters. The van der Waals surface area contributed by atoms with Crippen LogP contribution in [0.15, 0.2) is 71.3 Å². The maximum absolute atomic E-state index is 5.62. The lowest BCUT2D eigenvalue weighted by Crippen LogP contribution is -1.92. The monoisotopic (exact) mass is 388 g/mol. The molecule has 4 aromatic rings. The Kier molecular flexibility index (Phi) is 5.16. The molecule has 1 aromatic heterocycles. The number of para-hydroxylation sites is 2. The third-order valence-corrected chi connectivity index (χ3v) is 4.62. The minimum Gasteiger partial charge on any atom is -0.496 e. The van der Waals surface area contributed by atoms with Crippen molar-refractivity contribution in [3.8, 4) is 51.2 Å². The third-order valence-electron chi connectivity index (χ3n) is 4.62. The van der Waals surface area contributed by atoms with Crippen molar-refractivity contribution >= 4 is 0 Å². The second-order valence-corrected chi connectivity index (χ2v) is 6.24. The van der Waals surface area contributed by atoms with Gasteiger partial charge in [0.25, 0.3) is 5.89 Å². The van der Waals surface area contributed by atoms with Gasteiger partial charge in [-0.05, 0) is 36.4 Å². The molecule has 1 heterocycles. The Hall–Kier alpha value is -3.80. The van der Waals surface area contributed by atoms with Gasteiger partial charge in [0.1, 0.15) is 17.2 Å². The molecule has 29 heavy (non-hydrogen) atoms. The van der Waals surface area contributed by atoms with Gasteiger partial charge in [-0.3, -0.25) is 0 Å². The lowest BCUT2D eigenvalue weighted by atomic mass is 10.0. The first kappa shape index (κ1) is 18.6.